The van der Waals surface area contributed by atoms with E-state index in [0.29, 0.717) is 19.4 Å². The average molecular weight is 267 g/mol. The van der Waals surface area contributed by atoms with Gasteiger partial charge in [-0.1, -0.05) is 17.7 Å². The first-order chi connectivity index (χ1) is 8.53. The average Bonchev–Trinajstić information content (AvgIpc) is 2.31. The minimum atomic E-state index is -3.20. The quantitative estimate of drug-likeness (QED) is 0.709. The van der Waals surface area contributed by atoms with Gasteiger partial charge in [-0.25, -0.2) is 8.42 Å². The fourth-order valence-corrected chi connectivity index (χ4v) is 2.40. The standard InChI is InChI=1S/C13H17NO3S/c1-12-4-6-13(7-5-12)17-9-2-3-10-18(15,16)11-8-14/h4-7H,2-3,9-11H2,1H3. The van der Waals surface area contributed by atoms with Crippen LogP contribution < -0.4 is 4.74 Å². The van der Waals surface area contributed by atoms with Gasteiger partial charge in [0, 0.05) is 0 Å². The van der Waals surface area contributed by atoms with Crippen LogP contribution in [0.4, 0.5) is 0 Å². The van der Waals surface area contributed by atoms with Crippen LogP contribution in [0.3, 0.4) is 0 Å². The van der Waals surface area contributed by atoms with Crippen LogP contribution in [0.5, 0.6) is 5.75 Å². The lowest BCUT2D eigenvalue weighted by Crippen LogP contribution is -2.10. The van der Waals surface area contributed by atoms with Crippen LogP contribution in [-0.4, -0.2) is 26.5 Å². The van der Waals surface area contributed by atoms with Gasteiger partial charge in [-0.05, 0) is 31.9 Å². The number of nitriles is 1. The van der Waals surface area contributed by atoms with Crippen LogP contribution >= 0.6 is 0 Å². The van der Waals surface area contributed by atoms with Crippen molar-refractivity contribution >= 4 is 9.84 Å². The van der Waals surface area contributed by atoms with E-state index in [2.05, 4.69) is 0 Å². The highest BCUT2D eigenvalue weighted by Gasteiger charge is 2.08. The number of hydrogen-bond acceptors (Lipinski definition) is 4. The second-order valence-electron chi connectivity index (χ2n) is 4.12. The highest BCUT2D eigenvalue weighted by Crippen LogP contribution is 2.11. The summed E-state index contributed by atoms with van der Waals surface area (Å²) in [5.74, 6) is 0.448. The molecular formula is C13H17NO3S. The summed E-state index contributed by atoms with van der Waals surface area (Å²) in [6, 6.07) is 9.37. The molecule has 1 rings (SSSR count). The first kappa shape index (κ1) is 14.5. The SMILES string of the molecule is Cc1ccc(OCCCCS(=O)(=O)CC#N)cc1. The van der Waals surface area contributed by atoms with E-state index in [0.717, 1.165) is 5.75 Å². The molecule has 4 nitrogen and oxygen atoms in total. The van der Waals surface area contributed by atoms with Crippen molar-refractivity contribution in [1.29, 1.82) is 5.26 Å². The summed E-state index contributed by atoms with van der Waals surface area (Å²) in [7, 11) is -3.20. The number of benzene rings is 1. The normalized spacial score (nSPS) is 10.9. The Morgan fingerprint density at radius 3 is 2.50 bits per heavy atom. The van der Waals surface area contributed by atoms with E-state index >= 15 is 0 Å². The van der Waals surface area contributed by atoms with E-state index in [1.165, 1.54) is 5.56 Å². The molecule has 0 bridgehead atoms. The molecule has 0 atom stereocenters. The van der Waals surface area contributed by atoms with E-state index in [1.54, 1.807) is 6.07 Å². The Labute approximate surface area is 108 Å². The van der Waals surface area contributed by atoms with Crippen LogP contribution in [0.2, 0.25) is 0 Å². The Morgan fingerprint density at radius 1 is 1.22 bits per heavy atom. The van der Waals surface area contributed by atoms with Crippen LogP contribution in [-0.2, 0) is 9.84 Å². The Morgan fingerprint density at radius 2 is 1.89 bits per heavy atom. The second kappa shape index (κ2) is 7.02. The summed E-state index contributed by atoms with van der Waals surface area (Å²) in [5, 5.41) is 8.32. The van der Waals surface area contributed by atoms with Crippen molar-refractivity contribution < 1.29 is 13.2 Å². The number of aryl methyl sites for hydroxylation is 1. The van der Waals surface area contributed by atoms with Gasteiger partial charge in [0.05, 0.1) is 18.4 Å². The van der Waals surface area contributed by atoms with E-state index < -0.39 is 15.6 Å². The van der Waals surface area contributed by atoms with Gasteiger partial charge in [-0.2, -0.15) is 5.26 Å². The molecule has 0 spiro atoms. The fraction of sp³-hybridized carbons (Fsp3) is 0.462. The molecule has 1 aromatic rings. The molecule has 0 amide bonds. The lowest BCUT2D eigenvalue weighted by Gasteiger charge is -2.06. The van der Waals surface area contributed by atoms with Gasteiger partial charge in [0.15, 0.2) is 9.84 Å². The summed E-state index contributed by atoms with van der Waals surface area (Å²) >= 11 is 0. The van der Waals surface area contributed by atoms with Crippen LogP contribution in [0.1, 0.15) is 18.4 Å². The molecule has 0 aliphatic rings. The first-order valence-corrected chi connectivity index (χ1v) is 7.62. The topological polar surface area (TPSA) is 67.2 Å². The van der Waals surface area contributed by atoms with Gasteiger partial charge in [-0.3, -0.25) is 0 Å². The van der Waals surface area contributed by atoms with Crippen molar-refractivity contribution in [2.24, 2.45) is 0 Å². The third-order valence-corrected chi connectivity index (χ3v) is 3.90. The number of rotatable bonds is 7. The number of hydrogen-bond donors (Lipinski definition) is 0. The number of unbranched alkanes of at least 4 members (excludes halogenated alkanes) is 1. The molecule has 0 heterocycles. The third kappa shape index (κ3) is 5.69. The minimum absolute atomic E-state index is 0.0534. The molecule has 18 heavy (non-hydrogen) atoms. The maximum absolute atomic E-state index is 11.2. The highest BCUT2D eigenvalue weighted by molar-refractivity contribution is 7.91. The van der Waals surface area contributed by atoms with Crippen molar-refractivity contribution in [1.82, 2.24) is 0 Å². The van der Waals surface area contributed by atoms with E-state index in [4.69, 9.17) is 10.00 Å². The summed E-state index contributed by atoms with van der Waals surface area (Å²) in [6.07, 6.45) is 1.19. The summed E-state index contributed by atoms with van der Waals surface area (Å²) in [4.78, 5) is 0. The van der Waals surface area contributed by atoms with Gasteiger partial charge in [-0.15, -0.1) is 0 Å². The molecule has 98 valence electrons. The molecule has 0 radical (unpaired) electrons. The summed E-state index contributed by atoms with van der Waals surface area (Å²) in [5.41, 5.74) is 1.17. The Hall–Kier alpha value is -1.54. The Bertz CT molecular complexity index is 500. The van der Waals surface area contributed by atoms with Crippen molar-refractivity contribution in [3.8, 4) is 11.8 Å². The molecule has 1 aromatic carbocycles. The Balaban J connectivity index is 2.20. The molecule has 0 N–H and O–H groups in total. The predicted molar refractivity (Wildman–Crippen MR) is 70.2 cm³/mol. The number of ether oxygens (including phenoxy) is 1. The lowest BCUT2D eigenvalue weighted by molar-refractivity contribution is 0.309. The number of nitrogens with zero attached hydrogens (tertiary/aromatic N) is 1. The largest absolute Gasteiger partial charge is 0.494 e. The van der Waals surface area contributed by atoms with E-state index in [-0.39, 0.29) is 5.75 Å². The first-order valence-electron chi connectivity index (χ1n) is 5.80. The molecular weight excluding hydrogens is 250 g/mol. The molecule has 0 saturated heterocycles. The van der Waals surface area contributed by atoms with Crippen molar-refractivity contribution in [2.75, 3.05) is 18.1 Å². The minimum Gasteiger partial charge on any atom is -0.494 e. The Kier molecular flexibility index (Phi) is 5.66. The van der Waals surface area contributed by atoms with Crippen LogP contribution in [0.25, 0.3) is 0 Å². The van der Waals surface area contributed by atoms with Gasteiger partial charge < -0.3 is 4.74 Å². The fourth-order valence-electron chi connectivity index (χ4n) is 1.42. The molecule has 0 aromatic heterocycles. The molecule has 0 saturated carbocycles. The van der Waals surface area contributed by atoms with E-state index in [1.807, 2.05) is 31.2 Å². The summed E-state index contributed by atoms with van der Waals surface area (Å²) in [6.45, 7) is 2.50. The number of sulfone groups is 1. The molecule has 0 fully saturated rings. The van der Waals surface area contributed by atoms with Gasteiger partial charge in [0.2, 0.25) is 0 Å². The zero-order chi connectivity index (χ0) is 13.4. The molecule has 0 aliphatic heterocycles. The molecule has 0 aliphatic carbocycles. The van der Waals surface area contributed by atoms with Crippen molar-refractivity contribution in [2.45, 2.75) is 19.8 Å². The van der Waals surface area contributed by atoms with Crippen LogP contribution in [0.15, 0.2) is 24.3 Å². The zero-order valence-corrected chi connectivity index (χ0v) is 11.2. The van der Waals surface area contributed by atoms with Crippen LogP contribution in [0, 0.1) is 18.3 Å². The maximum Gasteiger partial charge on any atom is 0.163 e. The van der Waals surface area contributed by atoms with Gasteiger partial charge in [0.1, 0.15) is 11.5 Å². The van der Waals surface area contributed by atoms with Crippen molar-refractivity contribution in [3.63, 3.8) is 0 Å². The van der Waals surface area contributed by atoms with Crippen molar-refractivity contribution in [3.05, 3.63) is 29.8 Å². The third-order valence-electron chi connectivity index (χ3n) is 2.42. The van der Waals surface area contributed by atoms with E-state index in [9.17, 15) is 8.42 Å². The van der Waals surface area contributed by atoms with Gasteiger partial charge in [0.25, 0.3) is 0 Å². The zero-order valence-electron chi connectivity index (χ0n) is 10.4. The maximum atomic E-state index is 11.2. The summed E-state index contributed by atoms with van der Waals surface area (Å²) < 4.78 is 28.0. The second-order valence-corrected chi connectivity index (χ2v) is 6.30. The van der Waals surface area contributed by atoms with Gasteiger partial charge >= 0.3 is 0 Å². The lowest BCUT2D eigenvalue weighted by atomic mass is 10.2. The molecule has 5 heteroatoms. The smallest absolute Gasteiger partial charge is 0.163 e. The monoisotopic (exact) mass is 267 g/mol. The highest BCUT2D eigenvalue weighted by atomic mass is 32.2. The molecule has 0 unspecified atom stereocenters. The predicted octanol–water partition coefficient (Wildman–Crippen LogP) is 2.09.